The van der Waals surface area contributed by atoms with Crippen LogP contribution < -0.4 is 30.7 Å². The monoisotopic (exact) mass is 523 g/mol. The van der Waals surface area contributed by atoms with E-state index < -0.39 is 5.91 Å². The Bertz CT molecular complexity index is 1180. The zero-order valence-electron chi connectivity index (χ0n) is 18.3. The molecule has 0 unspecified atom stereocenters. The van der Waals surface area contributed by atoms with Crippen molar-refractivity contribution in [3.8, 4) is 6.07 Å². The zero-order valence-corrected chi connectivity index (χ0v) is 20.7. The molecule has 10 nitrogen and oxygen atoms in total. The summed E-state index contributed by atoms with van der Waals surface area (Å²) in [5, 5.41) is 27.7. The van der Waals surface area contributed by atoms with Crippen LogP contribution in [-0.2, 0) is 11.3 Å². The maximum Gasteiger partial charge on any atom is 0.270 e. The quantitative estimate of drug-likeness (QED) is 0.373. The van der Waals surface area contributed by atoms with Gasteiger partial charge in [-0.3, -0.25) is 14.2 Å². The fourth-order valence-electron chi connectivity index (χ4n) is 2.70. The number of aromatic nitrogens is 3. The Labute approximate surface area is 197 Å². The highest BCUT2D eigenvalue weighted by Gasteiger charge is 2.16. The molecule has 4 N–H and O–H groups in total. The molecule has 0 aromatic carbocycles. The van der Waals surface area contributed by atoms with Gasteiger partial charge in [-0.25, -0.2) is 4.98 Å². The Balaban J connectivity index is 2.46. The van der Waals surface area contributed by atoms with E-state index >= 15 is 0 Å². The minimum atomic E-state index is -0.520. The molecule has 2 aromatic heterocycles. The number of thiazole rings is 1. The lowest BCUT2D eigenvalue weighted by Crippen LogP contribution is -2.34. The maximum atomic E-state index is 12.8. The number of aliphatic hydroxyl groups is 1. The van der Waals surface area contributed by atoms with Crippen LogP contribution in [0.25, 0.3) is 11.8 Å². The maximum absolute atomic E-state index is 12.8. The van der Waals surface area contributed by atoms with Crippen molar-refractivity contribution in [1.82, 2.24) is 19.9 Å². The average molecular weight is 524 g/mol. The largest absolute Gasteiger partial charge is 0.394 e. The molecule has 2 aromatic rings. The molecule has 0 aliphatic rings. The van der Waals surface area contributed by atoms with E-state index in [2.05, 4.69) is 41.8 Å². The predicted molar refractivity (Wildman–Crippen MR) is 128 cm³/mol. The predicted octanol–water partition coefficient (Wildman–Crippen LogP) is 0.571. The highest BCUT2D eigenvalue weighted by Crippen LogP contribution is 2.22. The number of hydrogen-bond acceptors (Lipinski definition) is 9. The van der Waals surface area contributed by atoms with Gasteiger partial charge in [-0.2, -0.15) is 10.2 Å². The van der Waals surface area contributed by atoms with Gasteiger partial charge in [-0.1, -0.05) is 13.8 Å². The summed E-state index contributed by atoms with van der Waals surface area (Å²) in [7, 11) is 0. The fraction of sp³-hybridized carbons (Fsp3) is 0.450. The van der Waals surface area contributed by atoms with Crippen LogP contribution in [-0.4, -0.2) is 44.7 Å². The summed E-state index contributed by atoms with van der Waals surface area (Å²) in [5.41, 5.74) is -0.432. The first-order chi connectivity index (χ1) is 15.3. The van der Waals surface area contributed by atoms with Crippen molar-refractivity contribution < 1.29 is 9.90 Å². The molecule has 0 aliphatic carbocycles. The second kappa shape index (κ2) is 11.8. The summed E-state index contributed by atoms with van der Waals surface area (Å²) in [6, 6.07) is 1.71. The lowest BCUT2D eigenvalue weighted by atomic mass is 10.1. The van der Waals surface area contributed by atoms with Crippen LogP contribution in [0.5, 0.6) is 0 Å². The summed E-state index contributed by atoms with van der Waals surface area (Å²) in [4.78, 5) is 33.6. The van der Waals surface area contributed by atoms with Crippen molar-refractivity contribution in [3.05, 3.63) is 30.2 Å². The Hall–Kier alpha value is -2.75. The van der Waals surface area contributed by atoms with E-state index in [0.717, 1.165) is 11.3 Å². The number of amides is 1. The standard InChI is InChI=1S/C20H26BrN7O3S/c1-5-23-17(30)12(7-22)19-28(6-2)18(31)15(32-19)9-25-20-24-8-13(21)16(27-20)26-14(10-29)11(3)4/h8-9,11,14,29H,5-6,10H2,1-4H3,(H,23,30)(H2,24,25,26,27)/t14-/m0/s1. The smallest absolute Gasteiger partial charge is 0.270 e. The minimum absolute atomic E-state index is 0.0547. The number of nitriles is 1. The van der Waals surface area contributed by atoms with E-state index in [-0.39, 0.29) is 35.6 Å². The molecule has 1 amide bonds. The van der Waals surface area contributed by atoms with Crippen LogP contribution >= 0.6 is 27.3 Å². The molecule has 0 saturated heterocycles. The van der Waals surface area contributed by atoms with Crippen LogP contribution in [0.3, 0.4) is 0 Å². The molecule has 0 aliphatic heterocycles. The molecule has 0 saturated carbocycles. The van der Waals surface area contributed by atoms with E-state index in [1.165, 1.54) is 10.8 Å². The number of carbonyl (C=O) groups is 1. The number of halogens is 1. The van der Waals surface area contributed by atoms with Gasteiger partial charge in [0.2, 0.25) is 5.95 Å². The minimum Gasteiger partial charge on any atom is -0.394 e. The first-order valence-corrected chi connectivity index (χ1v) is 11.7. The number of carbonyl (C=O) groups excluding carboxylic acids is 1. The van der Waals surface area contributed by atoms with Gasteiger partial charge in [0.1, 0.15) is 21.1 Å². The second-order valence-electron chi connectivity index (χ2n) is 7.02. The van der Waals surface area contributed by atoms with Crippen molar-refractivity contribution >= 4 is 56.7 Å². The van der Waals surface area contributed by atoms with Crippen molar-refractivity contribution in [2.45, 2.75) is 40.3 Å². The van der Waals surface area contributed by atoms with E-state index in [4.69, 9.17) is 0 Å². The first-order valence-electron chi connectivity index (χ1n) is 10.1. The van der Waals surface area contributed by atoms with Gasteiger partial charge in [-0.15, -0.1) is 11.3 Å². The molecule has 0 bridgehead atoms. The van der Waals surface area contributed by atoms with Crippen LogP contribution in [0.2, 0.25) is 0 Å². The Morgan fingerprint density at radius 2 is 2.16 bits per heavy atom. The third-order valence-electron chi connectivity index (χ3n) is 4.51. The van der Waals surface area contributed by atoms with Crippen molar-refractivity contribution in [1.29, 1.82) is 5.26 Å². The molecule has 1 atom stereocenters. The fourth-order valence-corrected chi connectivity index (χ4v) is 4.10. The second-order valence-corrected chi connectivity index (χ2v) is 8.91. The van der Waals surface area contributed by atoms with Crippen molar-refractivity contribution in [3.63, 3.8) is 0 Å². The third-order valence-corrected chi connectivity index (χ3v) is 6.22. The Morgan fingerprint density at radius 1 is 1.44 bits per heavy atom. The SMILES string of the molecule is CCNC(=O)C(C#N)=c1sc(=CNc2ncc(Br)c(N[C@@H](CO)C(C)C)n2)c(=O)n1CC. The van der Waals surface area contributed by atoms with Gasteiger partial charge >= 0.3 is 0 Å². The van der Waals surface area contributed by atoms with Gasteiger partial charge in [0.05, 0.1) is 17.1 Å². The van der Waals surface area contributed by atoms with E-state index in [0.29, 0.717) is 32.6 Å². The molecule has 2 rings (SSSR count). The summed E-state index contributed by atoms with van der Waals surface area (Å²) >= 11 is 4.43. The molecular weight excluding hydrogens is 498 g/mol. The highest BCUT2D eigenvalue weighted by molar-refractivity contribution is 9.10. The molecule has 32 heavy (non-hydrogen) atoms. The van der Waals surface area contributed by atoms with Gasteiger partial charge in [0.15, 0.2) is 5.57 Å². The number of nitrogens with zero attached hydrogens (tertiary/aromatic N) is 4. The van der Waals surface area contributed by atoms with Crippen LogP contribution in [0.15, 0.2) is 15.5 Å². The molecule has 12 heteroatoms. The van der Waals surface area contributed by atoms with Crippen LogP contribution in [0.1, 0.15) is 27.7 Å². The number of hydrogen-bond donors (Lipinski definition) is 4. The lowest BCUT2D eigenvalue weighted by molar-refractivity contribution is -0.115. The molecule has 0 fully saturated rings. The summed E-state index contributed by atoms with van der Waals surface area (Å²) in [6.07, 6.45) is 3.01. The highest BCUT2D eigenvalue weighted by atomic mass is 79.9. The molecule has 0 radical (unpaired) electrons. The third kappa shape index (κ3) is 5.93. The van der Waals surface area contributed by atoms with Gasteiger partial charge in [0.25, 0.3) is 11.5 Å². The zero-order chi connectivity index (χ0) is 23.8. The number of rotatable bonds is 9. The molecule has 0 spiro atoms. The Morgan fingerprint density at radius 3 is 2.72 bits per heavy atom. The number of nitrogens with one attached hydrogen (secondary N) is 3. The average Bonchev–Trinajstić information content (AvgIpc) is 3.07. The Kier molecular flexibility index (Phi) is 9.37. The van der Waals surface area contributed by atoms with Gasteiger partial charge in [0, 0.05) is 25.5 Å². The summed E-state index contributed by atoms with van der Waals surface area (Å²) < 4.78 is 2.61. The first kappa shape index (κ1) is 25.5. The van der Waals surface area contributed by atoms with Crippen molar-refractivity contribution in [2.24, 2.45) is 5.92 Å². The van der Waals surface area contributed by atoms with Gasteiger partial charge < -0.3 is 21.1 Å². The lowest BCUT2D eigenvalue weighted by Gasteiger charge is -2.21. The topological polar surface area (TPSA) is 145 Å². The van der Waals surface area contributed by atoms with Crippen LogP contribution in [0, 0.1) is 17.2 Å². The van der Waals surface area contributed by atoms with E-state index in [1.54, 1.807) is 20.0 Å². The molecule has 2 heterocycles. The normalized spacial score (nSPS) is 13.5. The molecule has 172 valence electrons. The van der Waals surface area contributed by atoms with E-state index in [9.17, 15) is 20.0 Å². The summed E-state index contributed by atoms with van der Waals surface area (Å²) in [5.74, 6) is 0.394. The summed E-state index contributed by atoms with van der Waals surface area (Å²) in [6.45, 7) is 8.11. The van der Waals surface area contributed by atoms with Gasteiger partial charge in [-0.05, 0) is 35.7 Å². The van der Waals surface area contributed by atoms with Crippen molar-refractivity contribution in [2.75, 3.05) is 23.8 Å². The number of anilines is 2. The van der Waals surface area contributed by atoms with E-state index in [1.807, 2.05) is 19.9 Å². The number of aliphatic hydroxyl groups excluding tert-OH is 1. The molecular formula is C20H26BrN7O3S. The van der Waals surface area contributed by atoms with Crippen LogP contribution in [0.4, 0.5) is 11.8 Å².